The van der Waals surface area contributed by atoms with E-state index in [1.807, 2.05) is 42.5 Å². The molecule has 0 fully saturated rings. The van der Waals surface area contributed by atoms with Crippen molar-refractivity contribution < 1.29 is 4.79 Å². The van der Waals surface area contributed by atoms with Crippen LogP contribution in [0.4, 0.5) is 0 Å². The summed E-state index contributed by atoms with van der Waals surface area (Å²) < 4.78 is 0. The lowest BCUT2D eigenvalue weighted by atomic mass is 10.0. The Morgan fingerprint density at radius 2 is 1.33 bits per heavy atom. The highest BCUT2D eigenvalue weighted by Crippen LogP contribution is 2.12. The van der Waals surface area contributed by atoms with Crippen LogP contribution in [0.2, 0.25) is 0 Å². The number of nitrogens with one attached hydrogen (secondary N) is 2. The highest BCUT2D eigenvalue weighted by atomic mass is 16.1. The lowest BCUT2D eigenvalue weighted by Crippen LogP contribution is -2.25. The second-order valence-corrected chi connectivity index (χ2v) is 7.63. The first kappa shape index (κ1) is 21.5. The zero-order valence-electron chi connectivity index (χ0n) is 17.4. The summed E-state index contributed by atoms with van der Waals surface area (Å²) in [5.41, 5.74) is 5.75. The lowest BCUT2D eigenvalue weighted by Gasteiger charge is -2.08. The molecule has 0 aliphatic rings. The summed E-state index contributed by atoms with van der Waals surface area (Å²) in [5.74, 6) is -0.0240. The first-order valence-corrected chi connectivity index (χ1v) is 10.7. The molecule has 3 heteroatoms. The molecule has 0 aromatic heterocycles. The Morgan fingerprint density at radius 3 is 2.00 bits per heavy atom. The van der Waals surface area contributed by atoms with Crippen molar-refractivity contribution in [1.82, 2.24) is 5.32 Å². The normalized spacial score (nSPS) is 10.5. The third-order valence-corrected chi connectivity index (χ3v) is 5.25. The van der Waals surface area contributed by atoms with Gasteiger partial charge in [-0.3, -0.25) is 4.79 Å². The minimum absolute atomic E-state index is 0.0240. The van der Waals surface area contributed by atoms with Gasteiger partial charge in [-0.15, -0.1) is 0 Å². The van der Waals surface area contributed by atoms with Crippen LogP contribution < -0.4 is 5.32 Å². The number of aryl methyl sites for hydroxylation is 1. The molecule has 30 heavy (non-hydrogen) atoms. The summed E-state index contributed by atoms with van der Waals surface area (Å²) in [7, 11) is 0. The van der Waals surface area contributed by atoms with Gasteiger partial charge in [0.05, 0.1) is 0 Å². The number of unbranched alkanes of at least 4 members (excludes halogenated alkanes) is 2. The maximum atomic E-state index is 12.4. The summed E-state index contributed by atoms with van der Waals surface area (Å²) >= 11 is 0. The molecule has 1 amide bonds. The fourth-order valence-corrected chi connectivity index (χ4v) is 3.48. The summed E-state index contributed by atoms with van der Waals surface area (Å²) in [6, 6.07) is 26.9. The predicted octanol–water partition coefficient (Wildman–Crippen LogP) is 5.61. The number of amides is 1. The zero-order valence-corrected chi connectivity index (χ0v) is 17.4. The van der Waals surface area contributed by atoms with E-state index in [9.17, 15) is 4.79 Å². The van der Waals surface area contributed by atoms with Crippen molar-refractivity contribution >= 4 is 12.1 Å². The van der Waals surface area contributed by atoms with Gasteiger partial charge >= 0.3 is 0 Å². The third-order valence-electron chi connectivity index (χ3n) is 5.25. The average molecular weight is 399 g/mol. The van der Waals surface area contributed by atoms with Crippen molar-refractivity contribution in [3.05, 3.63) is 107 Å². The van der Waals surface area contributed by atoms with Crippen LogP contribution in [-0.2, 0) is 19.3 Å². The van der Waals surface area contributed by atoms with Gasteiger partial charge in [0.1, 0.15) is 0 Å². The zero-order chi connectivity index (χ0) is 21.0. The second-order valence-electron chi connectivity index (χ2n) is 7.63. The number of hydrogen-bond donors (Lipinski definition) is 2. The van der Waals surface area contributed by atoms with Gasteiger partial charge in [0.2, 0.25) is 0 Å². The Balaban J connectivity index is 1.41. The number of carbonyl (C=O) groups excluding carboxylic acids is 1. The Kier molecular flexibility index (Phi) is 8.40. The number of benzene rings is 3. The molecule has 0 bridgehead atoms. The molecule has 0 spiro atoms. The molecule has 0 heterocycles. The van der Waals surface area contributed by atoms with Gasteiger partial charge in [0.15, 0.2) is 0 Å². The standard InChI is InChI=1S/C27H30N2O/c28-19-6-2-5-7-22-10-12-23(13-11-22)18-20-29-27(30)26-16-14-25(15-17-26)21-24-8-3-1-4-9-24/h1,3-4,8-17,19,28H,2,5-7,18,20-21H2,(H,29,30). The Labute approximate surface area is 179 Å². The fourth-order valence-electron chi connectivity index (χ4n) is 3.48. The Bertz CT molecular complexity index is 915. The molecule has 2 N–H and O–H groups in total. The minimum Gasteiger partial charge on any atom is -0.352 e. The van der Waals surface area contributed by atoms with E-state index in [1.54, 1.807) is 0 Å². The van der Waals surface area contributed by atoms with Crippen LogP contribution in [0, 0.1) is 5.41 Å². The van der Waals surface area contributed by atoms with Crippen molar-refractivity contribution in [2.45, 2.75) is 38.5 Å². The highest BCUT2D eigenvalue weighted by Gasteiger charge is 2.05. The SMILES string of the molecule is N=CCCCCc1ccc(CCNC(=O)c2ccc(Cc3ccccc3)cc2)cc1. The van der Waals surface area contributed by atoms with E-state index < -0.39 is 0 Å². The van der Waals surface area contributed by atoms with Crippen molar-refractivity contribution in [1.29, 1.82) is 5.41 Å². The maximum Gasteiger partial charge on any atom is 0.251 e. The van der Waals surface area contributed by atoms with Gasteiger partial charge in [-0.05, 0) is 79.1 Å². The van der Waals surface area contributed by atoms with Gasteiger partial charge < -0.3 is 10.7 Å². The third kappa shape index (κ3) is 7.00. The van der Waals surface area contributed by atoms with Crippen molar-refractivity contribution in [3.8, 4) is 0 Å². The molecule has 154 valence electrons. The Hall–Kier alpha value is -3.20. The van der Waals surface area contributed by atoms with Crippen molar-refractivity contribution in [2.75, 3.05) is 6.54 Å². The molecule has 0 unspecified atom stereocenters. The van der Waals surface area contributed by atoms with Gasteiger partial charge in [0, 0.05) is 12.1 Å². The van der Waals surface area contributed by atoms with Gasteiger partial charge in [0.25, 0.3) is 5.91 Å². The quantitative estimate of drug-likeness (QED) is 0.320. The van der Waals surface area contributed by atoms with E-state index in [0.717, 1.165) is 38.5 Å². The fraction of sp³-hybridized carbons (Fsp3) is 0.259. The Morgan fingerprint density at radius 1 is 0.733 bits per heavy atom. The van der Waals surface area contributed by atoms with Gasteiger partial charge in [-0.1, -0.05) is 66.7 Å². The number of hydrogen-bond acceptors (Lipinski definition) is 2. The van der Waals surface area contributed by atoms with E-state index in [4.69, 9.17) is 5.41 Å². The first-order valence-electron chi connectivity index (χ1n) is 10.7. The van der Waals surface area contributed by atoms with E-state index in [0.29, 0.717) is 12.1 Å². The predicted molar refractivity (Wildman–Crippen MR) is 125 cm³/mol. The molecule has 0 atom stereocenters. The molecule has 0 saturated heterocycles. The average Bonchev–Trinajstić information content (AvgIpc) is 2.79. The molecule has 3 nitrogen and oxygen atoms in total. The van der Waals surface area contributed by atoms with Gasteiger partial charge in [-0.2, -0.15) is 0 Å². The van der Waals surface area contributed by atoms with E-state index in [2.05, 4.69) is 41.7 Å². The van der Waals surface area contributed by atoms with Crippen LogP contribution in [0.3, 0.4) is 0 Å². The summed E-state index contributed by atoms with van der Waals surface area (Å²) in [6.07, 6.45) is 7.31. The molecule has 3 rings (SSSR count). The lowest BCUT2D eigenvalue weighted by molar-refractivity contribution is 0.0954. The first-order chi connectivity index (χ1) is 14.7. The van der Waals surface area contributed by atoms with Crippen LogP contribution in [-0.4, -0.2) is 18.7 Å². The molecular weight excluding hydrogens is 368 g/mol. The van der Waals surface area contributed by atoms with Crippen LogP contribution in [0.25, 0.3) is 0 Å². The number of carbonyl (C=O) groups is 1. The smallest absolute Gasteiger partial charge is 0.251 e. The monoisotopic (exact) mass is 398 g/mol. The van der Waals surface area contributed by atoms with Crippen LogP contribution in [0.5, 0.6) is 0 Å². The minimum atomic E-state index is -0.0240. The molecule has 3 aromatic rings. The van der Waals surface area contributed by atoms with Crippen LogP contribution >= 0.6 is 0 Å². The molecule has 3 aromatic carbocycles. The van der Waals surface area contributed by atoms with E-state index >= 15 is 0 Å². The molecule has 0 aliphatic heterocycles. The molecule has 0 saturated carbocycles. The van der Waals surface area contributed by atoms with Crippen LogP contribution in [0.1, 0.15) is 51.9 Å². The molecule has 0 radical (unpaired) electrons. The maximum absolute atomic E-state index is 12.4. The van der Waals surface area contributed by atoms with Gasteiger partial charge in [-0.25, -0.2) is 0 Å². The van der Waals surface area contributed by atoms with Crippen molar-refractivity contribution in [3.63, 3.8) is 0 Å². The summed E-state index contributed by atoms with van der Waals surface area (Å²) in [5, 5.41) is 10.1. The highest BCUT2D eigenvalue weighted by molar-refractivity contribution is 5.94. The number of rotatable bonds is 11. The molecular formula is C27H30N2O. The van der Waals surface area contributed by atoms with Crippen LogP contribution in [0.15, 0.2) is 78.9 Å². The topological polar surface area (TPSA) is 53.0 Å². The van der Waals surface area contributed by atoms with Crippen molar-refractivity contribution in [2.24, 2.45) is 0 Å². The van der Waals surface area contributed by atoms with E-state index in [-0.39, 0.29) is 5.91 Å². The van der Waals surface area contributed by atoms with E-state index in [1.165, 1.54) is 28.5 Å². The summed E-state index contributed by atoms with van der Waals surface area (Å²) in [4.78, 5) is 12.4. The second kappa shape index (κ2) is 11.7. The summed E-state index contributed by atoms with van der Waals surface area (Å²) in [6.45, 7) is 0.628. The molecule has 0 aliphatic carbocycles. The largest absolute Gasteiger partial charge is 0.352 e.